The number of phenols is 1. The third-order valence-electron chi connectivity index (χ3n) is 4.22. The molecule has 0 aliphatic heterocycles. The molecule has 3 N–H and O–H groups in total. The molecule has 30 heavy (non-hydrogen) atoms. The number of nitro groups is 1. The van der Waals surface area contributed by atoms with Crippen LogP contribution in [0.4, 0.5) is 17.2 Å². The normalized spacial score (nSPS) is 10.5. The van der Waals surface area contributed by atoms with Crippen LogP contribution in [-0.2, 0) is 13.1 Å². The Labute approximate surface area is 177 Å². The summed E-state index contributed by atoms with van der Waals surface area (Å²) in [5.41, 5.74) is 2.30. The van der Waals surface area contributed by atoms with E-state index in [0.717, 1.165) is 11.1 Å². The van der Waals surface area contributed by atoms with E-state index in [1.165, 1.54) is 37.1 Å². The van der Waals surface area contributed by atoms with Crippen LogP contribution in [0.2, 0.25) is 0 Å². The molecule has 0 saturated carbocycles. The standard InChI is InChI=1S/C20H21N5O4S/c1-29-18-8-15(7-17(26)9-18)21-11-14-12-23-20(30-2)24-19(14)22-10-13-4-3-5-16(6-13)25(27)28/h3-9,12,21,26H,10-11H2,1-2H3,(H,22,23,24). The molecule has 0 radical (unpaired) electrons. The van der Waals surface area contributed by atoms with Gasteiger partial charge < -0.3 is 20.5 Å². The number of aromatic nitrogens is 2. The van der Waals surface area contributed by atoms with Gasteiger partial charge in [0, 0.05) is 60.9 Å². The van der Waals surface area contributed by atoms with Gasteiger partial charge in [-0.2, -0.15) is 0 Å². The van der Waals surface area contributed by atoms with Crippen LogP contribution in [0, 0.1) is 10.1 Å². The molecule has 2 aromatic carbocycles. The number of rotatable bonds is 9. The van der Waals surface area contributed by atoms with Crippen LogP contribution in [0.25, 0.3) is 0 Å². The number of methoxy groups -OCH3 is 1. The summed E-state index contributed by atoms with van der Waals surface area (Å²) < 4.78 is 5.17. The zero-order valence-electron chi connectivity index (χ0n) is 16.5. The summed E-state index contributed by atoms with van der Waals surface area (Å²) in [5.74, 6) is 1.26. The number of thioether (sulfide) groups is 1. The number of aromatic hydroxyl groups is 1. The molecule has 1 aromatic heterocycles. The van der Waals surface area contributed by atoms with Crippen molar-refractivity contribution in [3.63, 3.8) is 0 Å². The third kappa shape index (κ3) is 5.51. The number of phenolic OH excluding ortho intramolecular Hbond substituents is 1. The molecule has 0 atom stereocenters. The van der Waals surface area contributed by atoms with Crippen molar-refractivity contribution < 1.29 is 14.8 Å². The van der Waals surface area contributed by atoms with Gasteiger partial charge in [0.15, 0.2) is 5.16 Å². The fraction of sp³-hybridized carbons (Fsp3) is 0.200. The quantitative estimate of drug-likeness (QED) is 0.201. The van der Waals surface area contributed by atoms with Crippen LogP contribution in [-0.4, -0.2) is 33.4 Å². The molecule has 0 bridgehead atoms. The highest BCUT2D eigenvalue weighted by Crippen LogP contribution is 2.26. The average Bonchev–Trinajstić information content (AvgIpc) is 2.76. The first-order chi connectivity index (χ1) is 14.5. The monoisotopic (exact) mass is 427 g/mol. The molecular weight excluding hydrogens is 406 g/mol. The molecule has 0 unspecified atom stereocenters. The maximum Gasteiger partial charge on any atom is 0.269 e. The number of non-ortho nitro benzene ring substituents is 1. The summed E-state index contributed by atoms with van der Waals surface area (Å²) in [6.45, 7) is 0.776. The minimum absolute atomic E-state index is 0.0431. The summed E-state index contributed by atoms with van der Waals surface area (Å²) in [6.07, 6.45) is 3.61. The first-order valence-corrected chi connectivity index (χ1v) is 10.2. The van der Waals surface area contributed by atoms with Crippen LogP contribution < -0.4 is 15.4 Å². The molecule has 10 heteroatoms. The van der Waals surface area contributed by atoms with E-state index in [-0.39, 0.29) is 11.4 Å². The number of hydrogen-bond acceptors (Lipinski definition) is 9. The van der Waals surface area contributed by atoms with Gasteiger partial charge in [0.2, 0.25) is 0 Å². The van der Waals surface area contributed by atoms with Gasteiger partial charge in [0.25, 0.3) is 5.69 Å². The number of benzene rings is 2. The fourth-order valence-corrected chi connectivity index (χ4v) is 3.08. The molecule has 0 fully saturated rings. The van der Waals surface area contributed by atoms with Crippen molar-refractivity contribution in [2.24, 2.45) is 0 Å². The molecule has 1 heterocycles. The summed E-state index contributed by atoms with van der Waals surface area (Å²) in [7, 11) is 1.53. The maximum absolute atomic E-state index is 11.0. The Kier molecular flexibility index (Phi) is 6.91. The number of hydrogen-bond donors (Lipinski definition) is 3. The molecule has 3 aromatic rings. The van der Waals surface area contributed by atoms with Crippen molar-refractivity contribution in [1.82, 2.24) is 9.97 Å². The highest BCUT2D eigenvalue weighted by molar-refractivity contribution is 7.98. The van der Waals surface area contributed by atoms with Crippen LogP contribution in [0.1, 0.15) is 11.1 Å². The molecule has 156 valence electrons. The second-order valence-electron chi connectivity index (χ2n) is 6.28. The van der Waals surface area contributed by atoms with Crippen LogP contribution >= 0.6 is 11.8 Å². The lowest BCUT2D eigenvalue weighted by Gasteiger charge is -2.14. The Balaban J connectivity index is 1.76. The Bertz CT molecular complexity index is 1050. The molecule has 0 aliphatic carbocycles. The lowest BCUT2D eigenvalue weighted by atomic mass is 10.2. The van der Waals surface area contributed by atoms with Crippen LogP contribution in [0.15, 0.2) is 53.8 Å². The Morgan fingerprint density at radius 2 is 2.03 bits per heavy atom. The number of anilines is 2. The summed E-state index contributed by atoms with van der Waals surface area (Å²) in [4.78, 5) is 19.4. The number of nitrogens with one attached hydrogen (secondary N) is 2. The van der Waals surface area contributed by atoms with Gasteiger partial charge in [0.1, 0.15) is 17.3 Å². The van der Waals surface area contributed by atoms with E-state index in [1.54, 1.807) is 24.4 Å². The van der Waals surface area contributed by atoms with Gasteiger partial charge in [-0.3, -0.25) is 10.1 Å². The minimum Gasteiger partial charge on any atom is -0.508 e. The van der Waals surface area contributed by atoms with Crippen molar-refractivity contribution in [2.45, 2.75) is 18.2 Å². The van der Waals surface area contributed by atoms with E-state index in [1.807, 2.05) is 12.3 Å². The van der Waals surface area contributed by atoms with Gasteiger partial charge in [-0.1, -0.05) is 23.9 Å². The first-order valence-electron chi connectivity index (χ1n) is 8.97. The van der Waals surface area contributed by atoms with E-state index < -0.39 is 4.92 Å². The molecule has 0 saturated heterocycles. The molecular formula is C20H21N5O4S. The number of ether oxygens (including phenoxy) is 1. The van der Waals surface area contributed by atoms with E-state index in [0.29, 0.717) is 35.5 Å². The van der Waals surface area contributed by atoms with Crippen molar-refractivity contribution in [3.8, 4) is 11.5 Å². The summed E-state index contributed by atoms with van der Waals surface area (Å²) in [6, 6.07) is 11.3. The second-order valence-corrected chi connectivity index (χ2v) is 7.06. The zero-order valence-corrected chi connectivity index (χ0v) is 17.3. The number of nitrogens with zero attached hydrogens (tertiary/aromatic N) is 3. The smallest absolute Gasteiger partial charge is 0.269 e. The molecule has 0 aliphatic rings. The molecule has 3 rings (SSSR count). The van der Waals surface area contributed by atoms with Crippen molar-refractivity contribution in [2.75, 3.05) is 24.0 Å². The Morgan fingerprint density at radius 3 is 2.77 bits per heavy atom. The third-order valence-corrected chi connectivity index (χ3v) is 4.78. The largest absolute Gasteiger partial charge is 0.508 e. The summed E-state index contributed by atoms with van der Waals surface area (Å²) in [5, 5.41) is 27.9. The van der Waals surface area contributed by atoms with Gasteiger partial charge in [-0.15, -0.1) is 0 Å². The van der Waals surface area contributed by atoms with Crippen molar-refractivity contribution >= 4 is 29.0 Å². The highest BCUT2D eigenvalue weighted by atomic mass is 32.2. The molecule has 0 spiro atoms. The zero-order chi connectivity index (χ0) is 21.5. The second kappa shape index (κ2) is 9.79. The highest BCUT2D eigenvalue weighted by Gasteiger charge is 2.10. The minimum atomic E-state index is -0.418. The molecule has 9 nitrogen and oxygen atoms in total. The van der Waals surface area contributed by atoms with Crippen LogP contribution in [0.5, 0.6) is 11.5 Å². The Hall–Kier alpha value is -3.53. The SMILES string of the molecule is COc1cc(O)cc(NCc2cnc(SC)nc2NCc2cccc([N+](=O)[O-])c2)c1. The number of nitro benzene ring substituents is 1. The predicted molar refractivity (Wildman–Crippen MR) is 116 cm³/mol. The van der Waals surface area contributed by atoms with E-state index in [2.05, 4.69) is 20.6 Å². The van der Waals surface area contributed by atoms with Crippen molar-refractivity contribution in [3.05, 3.63) is 69.9 Å². The van der Waals surface area contributed by atoms with Crippen LogP contribution in [0.3, 0.4) is 0 Å². The van der Waals surface area contributed by atoms with Crippen molar-refractivity contribution in [1.29, 1.82) is 0 Å². The van der Waals surface area contributed by atoms with E-state index >= 15 is 0 Å². The fourth-order valence-electron chi connectivity index (χ4n) is 2.74. The van der Waals surface area contributed by atoms with Gasteiger partial charge >= 0.3 is 0 Å². The van der Waals surface area contributed by atoms with Gasteiger partial charge in [-0.05, 0) is 11.8 Å². The van der Waals surface area contributed by atoms with E-state index in [4.69, 9.17) is 4.74 Å². The van der Waals surface area contributed by atoms with Gasteiger partial charge in [0.05, 0.1) is 12.0 Å². The topological polar surface area (TPSA) is 122 Å². The predicted octanol–water partition coefficient (Wildman–Crippen LogP) is 4.05. The maximum atomic E-state index is 11.0. The van der Waals surface area contributed by atoms with Gasteiger partial charge in [-0.25, -0.2) is 9.97 Å². The average molecular weight is 427 g/mol. The summed E-state index contributed by atoms with van der Waals surface area (Å²) >= 11 is 1.42. The lowest BCUT2D eigenvalue weighted by molar-refractivity contribution is -0.384. The van der Waals surface area contributed by atoms with E-state index in [9.17, 15) is 15.2 Å². The Morgan fingerprint density at radius 1 is 1.20 bits per heavy atom. The first kappa shape index (κ1) is 21.2. The lowest BCUT2D eigenvalue weighted by Crippen LogP contribution is -2.09. The molecule has 0 amide bonds.